The minimum atomic E-state index is -0.123. The van der Waals surface area contributed by atoms with Gasteiger partial charge in [0.2, 0.25) is 0 Å². The molecule has 43 heavy (non-hydrogen) atoms. The van der Waals surface area contributed by atoms with Crippen LogP contribution in [0.15, 0.2) is 0 Å². The predicted octanol–water partition coefficient (Wildman–Crippen LogP) is 9.23. The van der Waals surface area contributed by atoms with Crippen molar-refractivity contribution in [1.82, 2.24) is 0 Å². The number of esters is 1. The number of hydrogen-bond donors (Lipinski definition) is 0. The molecule has 0 bridgehead atoms. The average Bonchev–Trinajstić information content (AvgIpc) is 3.01. The Morgan fingerprint density at radius 3 is 0.977 bits per heavy atom. The third-order valence-electron chi connectivity index (χ3n) is 7.61. The summed E-state index contributed by atoms with van der Waals surface area (Å²) in [6.45, 7) is 10.5. The zero-order valence-corrected chi connectivity index (χ0v) is 28.7. The van der Waals surface area contributed by atoms with Gasteiger partial charge in [-0.15, -0.1) is 0 Å². The highest BCUT2D eigenvalue weighted by molar-refractivity contribution is 5.69. The lowest BCUT2D eigenvalue weighted by Gasteiger charge is -2.08. The number of carbonyl (C=O) groups excluding carboxylic acids is 1. The molecule has 7 heteroatoms. The fourth-order valence-corrected chi connectivity index (χ4v) is 4.89. The Balaban J connectivity index is 3.09. The normalized spacial score (nSPS) is 11.4. The molecular weight excluding hydrogens is 544 g/mol. The van der Waals surface area contributed by atoms with Crippen LogP contribution in [0, 0.1) is 0 Å². The van der Waals surface area contributed by atoms with Gasteiger partial charge in [0.05, 0.1) is 59.5 Å². The molecule has 0 atom stereocenters. The number of unbranched alkanes of at least 4 members (excludes halogenated alkanes) is 19. The van der Waals surface area contributed by atoms with Gasteiger partial charge in [0, 0.05) is 13.0 Å². The van der Waals surface area contributed by atoms with E-state index in [1.165, 1.54) is 116 Å². The van der Waals surface area contributed by atoms with Gasteiger partial charge in [-0.25, -0.2) is 0 Å². The largest absolute Gasteiger partial charge is 0.463 e. The summed E-state index contributed by atoms with van der Waals surface area (Å²) in [7, 11) is 0. The highest BCUT2D eigenvalue weighted by atomic mass is 16.6. The quantitative estimate of drug-likeness (QED) is 0.0506. The summed E-state index contributed by atoms with van der Waals surface area (Å²) in [5, 5.41) is 0. The van der Waals surface area contributed by atoms with Crippen LogP contribution in [-0.2, 0) is 33.2 Å². The number of ether oxygens (including phenoxy) is 6. The number of hydrogen-bond acceptors (Lipinski definition) is 7. The molecule has 0 aliphatic carbocycles. The first-order valence-electron chi connectivity index (χ1n) is 18.4. The molecule has 0 rings (SSSR count). The van der Waals surface area contributed by atoms with E-state index in [9.17, 15) is 4.79 Å². The highest BCUT2D eigenvalue weighted by Crippen LogP contribution is 2.13. The van der Waals surface area contributed by atoms with Crippen molar-refractivity contribution in [2.75, 3.05) is 72.7 Å². The van der Waals surface area contributed by atoms with E-state index >= 15 is 0 Å². The first-order chi connectivity index (χ1) is 21.3. The highest BCUT2D eigenvalue weighted by Gasteiger charge is 2.02. The summed E-state index contributed by atoms with van der Waals surface area (Å²) in [6, 6.07) is 0. The van der Waals surface area contributed by atoms with Crippen LogP contribution in [0.1, 0.15) is 155 Å². The van der Waals surface area contributed by atoms with Crippen molar-refractivity contribution in [1.29, 1.82) is 0 Å². The molecule has 0 aromatic carbocycles. The minimum absolute atomic E-state index is 0.123. The molecule has 0 radical (unpaired) electrons. The topological polar surface area (TPSA) is 72.5 Å². The maximum absolute atomic E-state index is 11.7. The molecule has 0 N–H and O–H groups in total. The van der Waals surface area contributed by atoms with Gasteiger partial charge >= 0.3 is 5.97 Å². The number of carbonyl (C=O) groups is 1. The van der Waals surface area contributed by atoms with Gasteiger partial charge in [-0.2, -0.15) is 0 Å². The fourth-order valence-electron chi connectivity index (χ4n) is 4.89. The molecule has 0 saturated heterocycles. The molecule has 0 aliphatic heterocycles. The maximum Gasteiger partial charge on any atom is 0.305 e. The fraction of sp³-hybridized carbons (Fsp3) is 0.972. The predicted molar refractivity (Wildman–Crippen MR) is 178 cm³/mol. The Bertz CT molecular complexity index is 518. The van der Waals surface area contributed by atoms with Crippen LogP contribution in [0.4, 0.5) is 0 Å². The molecule has 258 valence electrons. The molecule has 0 saturated carbocycles. The molecule has 0 aromatic heterocycles. The van der Waals surface area contributed by atoms with Crippen molar-refractivity contribution < 1.29 is 33.2 Å². The Kier molecular flexibility index (Phi) is 38.6. The minimum Gasteiger partial charge on any atom is -0.463 e. The van der Waals surface area contributed by atoms with Gasteiger partial charge in [0.15, 0.2) is 0 Å². The van der Waals surface area contributed by atoms with Gasteiger partial charge < -0.3 is 28.4 Å². The van der Waals surface area contributed by atoms with Crippen molar-refractivity contribution in [3.8, 4) is 0 Å². The lowest BCUT2D eigenvalue weighted by atomic mass is 10.0. The lowest BCUT2D eigenvalue weighted by molar-refractivity contribution is -0.145. The summed E-state index contributed by atoms with van der Waals surface area (Å²) < 4.78 is 32.9. The van der Waals surface area contributed by atoms with Crippen molar-refractivity contribution in [3.63, 3.8) is 0 Å². The number of rotatable bonds is 38. The molecular formula is C36H72O7. The van der Waals surface area contributed by atoms with Crippen molar-refractivity contribution in [3.05, 3.63) is 0 Å². The van der Waals surface area contributed by atoms with Crippen LogP contribution in [0.5, 0.6) is 0 Å². The van der Waals surface area contributed by atoms with E-state index in [4.69, 9.17) is 28.4 Å². The van der Waals surface area contributed by atoms with Gasteiger partial charge in [-0.1, -0.05) is 136 Å². The van der Waals surface area contributed by atoms with Crippen LogP contribution >= 0.6 is 0 Å². The van der Waals surface area contributed by atoms with E-state index in [1.807, 2.05) is 0 Å². The van der Waals surface area contributed by atoms with Gasteiger partial charge in [-0.05, 0) is 12.8 Å². The average molecular weight is 617 g/mol. The summed E-state index contributed by atoms with van der Waals surface area (Å²) in [5.74, 6) is -0.123. The molecule has 0 aromatic rings. The Morgan fingerprint density at radius 2 is 0.605 bits per heavy atom. The Hall–Kier alpha value is -0.730. The smallest absolute Gasteiger partial charge is 0.305 e. The van der Waals surface area contributed by atoms with E-state index in [-0.39, 0.29) is 5.97 Å². The van der Waals surface area contributed by atoms with E-state index < -0.39 is 0 Å². The zero-order valence-electron chi connectivity index (χ0n) is 28.7. The SMILES string of the molecule is CCCCCCCCCCCCCCCCOCCOCCOCCOCCOCCOC(=O)CCCCCCCCC. The molecule has 0 fully saturated rings. The third kappa shape index (κ3) is 39.2. The van der Waals surface area contributed by atoms with Crippen LogP contribution in [0.2, 0.25) is 0 Å². The lowest BCUT2D eigenvalue weighted by Crippen LogP contribution is -2.15. The van der Waals surface area contributed by atoms with E-state index in [0.717, 1.165) is 25.9 Å². The summed E-state index contributed by atoms with van der Waals surface area (Å²) in [4.78, 5) is 11.7. The summed E-state index contributed by atoms with van der Waals surface area (Å²) in [5.41, 5.74) is 0. The maximum atomic E-state index is 11.7. The van der Waals surface area contributed by atoms with E-state index in [0.29, 0.717) is 72.5 Å². The molecule has 0 amide bonds. The monoisotopic (exact) mass is 617 g/mol. The first kappa shape index (κ1) is 42.3. The third-order valence-corrected chi connectivity index (χ3v) is 7.61. The molecule has 0 spiro atoms. The van der Waals surface area contributed by atoms with Gasteiger partial charge in [0.25, 0.3) is 0 Å². The zero-order chi connectivity index (χ0) is 31.2. The van der Waals surface area contributed by atoms with Crippen LogP contribution in [0.25, 0.3) is 0 Å². The second kappa shape index (κ2) is 39.3. The molecule has 0 heterocycles. The van der Waals surface area contributed by atoms with E-state index in [1.54, 1.807) is 0 Å². The Labute approximate surface area is 266 Å². The molecule has 0 unspecified atom stereocenters. The second-order valence-electron chi connectivity index (χ2n) is 11.7. The Morgan fingerprint density at radius 1 is 0.326 bits per heavy atom. The summed E-state index contributed by atoms with van der Waals surface area (Å²) >= 11 is 0. The van der Waals surface area contributed by atoms with Crippen LogP contribution < -0.4 is 0 Å². The van der Waals surface area contributed by atoms with E-state index in [2.05, 4.69) is 13.8 Å². The first-order valence-corrected chi connectivity index (χ1v) is 18.4. The van der Waals surface area contributed by atoms with Crippen molar-refractivity contribution in [2.45, 2.75) is 155 Å². The van der Waals surface area contributed by atoms with Crippen molar-refractivity contribution in [2.24, 2.45) is 0 Å². The summed E-state index contributed by atoms with van der Waals surface area (Å²) in [6.07, 6.45) is 28.2. The molecule has 0 aliphatic rings. The van der Waals surface area contributed by atoms with Gasteiger partial charge in [-0.3, -0.25) is 4.79 Å². The van der Waals surface area contributed by atoms with Crippen molar-refractivity contribution >= 4 is 5.97 Å². The van der Waals surface area contributed by atoms with Crippen LogP contribution in [-0.4, -0.2) is 78.6 Å². The standard InChI is InChI=1S/C36H72O7/c1-3-5-7-9-11-12-13-14-15-16-17-19-21-23-25-38-26-27-39-28-29-40-30-31-41-32-33-42-34-35-43-36(37)24-22-20-18-10-8-6-4-2/h3-35H2,1-2H3. The van der Waals surface area contributed by atoms with Crippen LogP contribution in [0.3, 0.4) is 0 Å². The molecule has 7 nitrogen and oxygen atoms in total. The second-order valence-corrected chi connectivity index (χ2v) is 11.7. The van der Waals surface area contributed by atoms with Gasteiger partial charge in [0.1, 0.15) is 6.61 Å².